The molecular formula is C17H15F3N2O5S. The highest BCUT2D eigenvalue weighted by Gasteiger charge is 2.59. The molecule has 0 aliphatic carbocycles. The first-order valence-electron chi connectivity index (χ1n) is 7.91. The van der Waals surface area contributed by atoms with Crippen LogP contribution in [0.5, 0.6) is 11.5 Å². The number of phenols is 1. The molecule has 2 heterocycles. The van der Waals surface area contributed by atoms with Gasteiger partial charge in [-0.2, -0.15) is 13.2 Å². The Morgan fingerprint density at radius 1 is 1.32 bits per heavy atom. The van der Waals surface area contributed by atoms with Crippen LogP contribution in [0, 0.1) is 5.92 Å². The number of alkyl halides is 3. The fourth-order valence-electron chi connectivity index (χ4n) is 3.14. The van der Waals surface area contributed by atoms with Crippen LogP contribution in [0.1, 0.15) is 16.5 Å². The van der Waals surface area contributed by atoms with Crippen molar-refractivity contribution in [3.8, 4) is 11.5 Å². The third kappa shape index (κ3) is 3.38. The number of halogens is 3. The van der Waals surface area contributed by atoms with Crippen LogP contribution in [-0.2, 0) is 10.5 Å². The number of ketones is 1. The van der Waals surface area contributed by atoms with Crippen molar-refractivity contribution in [2.45, 2.75) is 17.9 Å². The van der Waals surface area contributed by atoms with Crippen LogP contribution < -0.4 is 15.4 Å². The van der Waals surface area contributed by atoms with E-state index in [9.17, 15) is 33.0 Å². The van der Waals surface area contributed by atoms with E-state index in [1.165, 1.54) is 36.8 Å². The lowest BCUT2D eigenvalue weighted by Crippen LogP contribution is -2.66. The normalized spacial score (nSPS) is 25.0. The Morgan fingerprint density at radius 2 is 2.04 bits per heavy atom. The van der Waals surface area contributed by atoms with E-state index in [1.807, 2.05) is 0 Å². The molecule has 2 amide bonds. The maximum Gasteiger partial charge on any atom is 0.450 e. The molecule has 1 fully saturated rings. The van der Waals surface area contributed by atoms with Gasteiger partial charge in [-0.1, -0.05) is 12.1 Å². The molecule has 1 aliphatic rings. The minimum absolute atomic E-state index is 0.0271. The van der Waals surface area contributed by atoms with Gasteiger partial charge in [-0.3, -0.25) is 4.79 Å². The first kappa shape index (κ1) is 20.0. The molecule has 0 unspecified atom stereocenters. The number of carbonyl (C=O) groups is 2. The summed E-state index contributed by atoms with van der Waals surface area (Å²) in [6, 6.07) is 3.88. The number of methoxy groups -OCH3 is 1. The standard InChI is InChI=1S/C17H15F3N2O5S/c1-27-10-7-8(4-5-9(10)23)13-12(14(24)17(18,19)20)16(26,22-15(25)21-13)11-3-2-6-28-11/h2-7,12-13,23,26H,1H3,(H2,21,22,25)/t12-,13+,16-/m1/s1. The van der Waals surface area contributed by atoms with E-state index < -0.39 is 35.7 Å². The van der Waals surface area contributed by atoms with E-state index in [1.54, 1.807) is 0 Å². The Bertz CT molecular complexity index is 903. The Balaban J connectivity index is 2.18. The number of urea groups is 1. The van der Waals surface area contributed by atoms with E-state index in [-0.39, 0.29) is 21.9 Å². The average molecular weight is 416 g/mol. The minimum Gasteiger partial charge on any atom is -0.504 e. The zero-order valence-electron chi connectivity index (χ0n) is 14.3. The van der Waals surface area contributed by atoms with Gasteiger partial charge in [0.1, 0.15) is 5.92 Å². The Kier molecular flexibility index (Phi) is 4.98. The Morgan fingerprint density at radius 3 is 2.61 bits per heavy atom. The number of carbonyl (C=O) groups excluding carboxylic acids is 2. The molecule has 0 saturated carbocycles. The van der Waals surface area contributed by atoms with Crippen molar-refractivity contribution in [3.63, 3.8) is 0 Å². The smallest absolute Gasteiger partial charge is 0.450 e. The van der Waals surface area contributed by atoms with Gasteiger partial charge in [0.25, 0.3) is 0 Å². The molecule has 0 bridgehead atoms. The average Bonchev–Trinajstić information content (AvgIpc) is 3.15. The number of nitrogens with one attached hydrogen (secondary N) is 2. The lowest BCUT2D eigenvalue weighted by atomic mass is 9.78. The van der Waals surface area contributed by atoms with Crippen LogP contribution in [0.4, 0.5) is 18.0 Å². The predicted octanol–water partition coefficient (Wildman–Crippen LogP) is 2.41. The number of Topliss-reactive ketones (excluding diaryl/α,β-unsaturated/α-hetero) is 1. The molecule has 0 radical (unpaired) electrons. The number of thiophene rings is 1. The van der Waals surface area contributed by atoms with Crippen molar-refractivity contribution in [1.82, 2.24) is 10.6 Å². The van der Waals surface area contributed by atoms with Crippen molar-refractivity contribution < 1.29 is 37.7 Å². The molecule has 4 N–H and O–H groups in total. The van der Waals surface area contributed by atoms with E-state index in [0.29, 0.717) is 0 Å². The van der Waals surface area contributed by atoms with Gasteiger partial charge in [0.2, 0.25) is 5.78 Å². The lowest BCUT2D eigenvalue weighted by molar-refractivity contribution is -0.190. The largest absolute Gasteiger partial charge is 0.504 e. The van der Waals surface area contributed by atoms with Gasteiger partial charge in [-0.15, -0.1) is 11.3 Å². The molecule has 150 valence electrons. The molecule has 1 aromatic heterocycles. The lowest BCUT2D eigenvalue weighted by Gasteiger charge is -2.44. The predicted molar refractivity (Wildman–Crippen MR) is 91.8 cm³/mol. The number of phenolic OH excluding ortho intramolecular Hbond substituents is 1. The minimum atomic E-state index is -5.26. The summed E-state index contributed by atoms with van der Waals surface area (Å²) in [5, 5.41) is 26.6. The molecule has 3 atom stereocenters. The van der Waals surface area contributed by atoms with Crippen LogP contribution in [-0.4, -0.2) is 35.3 Å². The summed E-state index contributed by atoms with van der Waals surface area (Å²) >= 11 is 0.893. The third-order valence-corrected chi connectivity index (χ3v) is 5.39. The molecule has 1 aliphatic heterocycles. The van der Waals surface area contributed by atoms with Crippen LogP contribution in [0.15, 0.2) is 35.7 Å². The zero-order chi connectivity index (χ0) is 20.7. The van der Waals surface area contributed by atoms with Crippen molar-refractivity contribution in [2.75, 3.05) is 7.11 Å². The number of rotatable bonds is 4. The van der Waals surface area contributed by atoms with Gasteiger partial charge in [0.15, 0.2) is 17.2 Å². The summed E-state index contributed by atoms with van der Waals surface area (Å²) in [5.74, 6) is -4.69. The van der Waals surface area contributed by atoms with Gasteiger partial charge in [0, 0.05) is 0 Å². The van der Waals surface area contributed by atoms with Gasteiger partial charge in [-0.05, 0) is 29.1 Å². The maximum absolute atomic E-state index is 13.4. The third-order valence-electron chi connectivity index (χ3n) is 4.40. The highest BCUT2D eigenvalue weighted by atomic mass is 32.1. The quantitative estimate of drug-likeness (QED) is 0.612. The fourth-order valence-corrected chi connectivity index (χ4v) is 3.96. The van der Waals surface area contributed by atoms with Crippen LogP contribution in [0.3, 0.4) is 0 Å². The van der Waals surface area contributed by atoms with Crippen molar-refractivity contribution in [1.29, 1.82) is 0 Å². The van der Waals surface area contributed by atoms with E-state index in [0.717, 1.165) is 17.4 Å². The summed E-state index contributed by atoms with van der Waals surface area (Å²) in [6.45, 7) is 0. The zero-order valence-corrected chi connectivity index (χ0v) is 15.1. The molecule has 7 nitrogen and oxygen atoms in total. The van der Waals surface area contributed by atoms with Gasteiger partial charge < -0.3 is 25.6 Å². The molecule has 1 saturated heterocycles. The SMILES string of the molecule is COc1cc([C@@H]2NC(=O)N[C@@](O)(c3cccs3)[C@H]2C(=O)C(F)(F)F)ccc1O. The molecule has 1 aromatic carbocycles. The molecular weight excluding hydrogens is 401 g/mol. The summed E-state index contributed by atoms with van der Waals surface area (Å²) in [5.41, 5.74) is -2.54. The van der Waals surface area contributed by atoms with Gasteiger partial charge in [-0.25, -0.2) is 4.79 Å². The van der Waals surface area contributed by atoms with E-state index in [2.05, 4.69) is 10.6 Å². The molecule has 11 heteroatoms. The van der Waals surface area contributed by atoms with Crippen LogP contribution in [0.25, 0.3) is 0 Å². The summed E-state index contributed by atoms with van der Waals surface area (Å²) in [4.78, 5) is 24.4. The number of hydrogen-bond donors (Lipinski definition) is 4. The first-order valence-corrected chi connectivity index (χ1v) is 8.79. The Hall–Kier alpha value is -2.79. The first-order chi connectivity index (χ1) is 13.1. The molecule has 3 rings (SSSR count). The van der Waals surface area contributed by atoms with Gasteiger partial charge >= 0.3 is 12.2 Å². The second kappa shape index (κ2) is 6.99. The summed E-state index contributed by atoms with van der Waals surface area (Å²) in [7, 11) is 1.24. The number of benzene rings is 1. The Labute approximate surface area is 160 Å². The van der Waals surface area contributed by atoms with E-state index in [4.69, 9.17) is 4.74 Å². The van der Waals surface area contributed by atoms with Crippen LogP contribution >= 0.6 is 11.3 Å². The topological polar surface area (TPSA) is 108 Å². The fraction of sp³-hybridized carbons (Fsp3) is 0.294. The highest BCUT2D eigenvalue weighted by molar-refractivity contribution is 7.10. The number of ether oxygens (including phenoxy) is 1. The van der Waals surface area contributed by atoms with E-state index >= 15 is 0 Å². The second-order valence-electron chi connectivity index (χ2n) is 6.09. The number of aliphatic hydroxyl groups is 1. The number of amides is 2. The maximum atomic E-state index is 13.4. The molecule has 28 heavy (non-hydrogen) atoms. The second-order valence-corrected chi connectivity index (χ2v) is 7.04. The highest BCUT2D eigenvalue weighted by Crippen LogP contribution is 2.45. The number of hydrogen-bond acceptors (Lipinski definition) is 6. The molecule has 2 aromatic rings. The molecule has 0 spiro atoms. The van der Waals surface area contributed by atoms with Crippen molar-refractivity contribution >= 4 is 23.2 Å². The monoisotopic (exact) mass is 416 g/mol. The summed E-state index contributed by atoms with van der Waals surface area (Å²) < 4.78 is 45.0. The number of aromatic hydroxyl groups is 1. The van der Waals surface area contributed by atoms with Crippen LogP contribution in [0.2, 0.25) is 0 Å². The summed E-state index contributed by atoms with van der Waals surface area (Å²) in [6.07, 6.45) is -5.26. The van der Waals surface area contributed by atoms with Crippen molar-refractivity contribution in [3.05, 3.63) is 46.2 Å². The van der Waals surface area contributed by atoms with Crippen molar-refractivity contribution in [2.24, 2.45) is 5.92 Å². The van der Waals surface area contributed by atoms with Gasteiger partial charge in [0.05, 0.1) is 18.0 Å².